The SMILES string of the molecule is CCC(NCC(O)COc1ccccc1C(C)=O)c1ccc(C)cc1.Cl. The van der Waals surface area contributed by atoms with Gasteiger partial charge in [0.15, 0.2) is 5.78 Å². The molecule has 5 heteroatoms. The van der Waals surface area contributed by atoms with Crippen LogP contribution in [0.1, 0.15) is 47.8 Å². The number of nitrogens with one attached hydrogen (secondary N) is 1. The van der Waals surface area contributed by atoms with E-state index in [0.717, 1.165) is 6.42 Å². The van der Waals surface area contributed by atoms with Gasteiger partial charge in [-0.1, -0.05) is 48.9 Å². The molecule has 0 aliphatic carbocycles. The Hall–Kier alpha value is -1.88. The number of Topliss-reactive ketones (excluding diaryl/α,β-unsaturated/α-hetero) is 1. The normalized spacial score (nSPS) is 12.8. The fourth-order valence-electron chi connectivity index (χ4n) is 2.70. The Balaban J connectivity index is 0.00000338. The van der Waals surface area contributed by atoms with Crippen LogP contribution in [0.4, 0.5) is 0 Å². The molecule has 2 aromatic rings. The quantitative estimate of drug-likeness (QED) is 0.646. The van der Waals surface area contributed by atoms with Crippen molar-refractivity contribution in [3.05, 3.63) is 65.2 Å². The number of halogens is 1. The third-order valence-electron chi connectivity index (χ3n) is 4.19. The van der Waals surface area contributed by atoms with Gasteiger partial charge in [-0.25, -0.2) is 0 Å². The van der Waals surface area contributed by atoms with Gasteiger partial charge in [0, 0.05) is 12.6 Å². The third kappa shape index (κ3) is 6.45. The van der Waals surface area contributed by atoms with E-state index >= 15 is 0 Å². The van der Waals surface area contributed by atoms with Crippen LogP contribution < -0.4 is 10.1 Å². The van der Waals surface area contributed by atoms with Crippen LogP contribution in [0.3, 0.4) is 0 Å². The number of aliphatic hydroxyl groups excluding tert-OH is 1. The topological polar surface area (TPSA) is 58.6 Å². The highest BCUT2D eigenvalue weighted by Crippen LogP contribution is 2.19. The van der Waals surface area contributed by atoms with Crippen LogP contribution in [0.25, 0.3) is 0 Å². The highest BCUT2D eigenvalue weighted by atomic mass is 35.5. The Bertz CT molecular complexity index is 688. The van der Waals surface area contributed by atoms with Gasteiger partial charge in [-0.3, -0.25) is 4.79 Å². The minimum absolute atomic E-state index is 0. The number of rotatable bonds is 9. The molecule has 2 aromatic carbocycles. The third-order valence-corrected chi connectivity index (χ3v) is 4.19. The van der Waals surface area contributed by atoms with Gasteiger partial charge in [-0.2, -0.15) is 0 Å². The molecule has 0 aliphatic heterocycles. The van der Waals surface area contributed by atoms with Crippen molar-refractivity contribution in [2.75, 3.05) is 13.2 Å². The molecule has 0 saturated carbocycles. The fourth-order valence-corrected chi connectivity index (χ4v) is 2.70. The lowest BCUT2D eigenvalue weighted by Gasteiger charge is -2.20. The van der Waals surface area contributed by atoms with Crippen LogP contribution in [0.5, 0.6) is 5.75 Å². The van der Waals surface area contributed by atoms with Gasteiger partial charge >= 0.3 is 0 Å². The summed E-state index contributed by atoms with van der Waals surface area (Å²) in [5, 5.41) is 13.6. The van der Waals surface area contributed by atoms with Crippen molar-refractivity contribution in [1.82, 2.24) is 5.32 Å². The average molecular weight is 378 g/mol. The first-order valence-corrected chi connectivity index (χ1v) is 8.72. The fraction of sp³-hybridized carbons (Fsp3) is 0.381. The number of carbonyl (C=O) groups excluding carboxylic acids is 1. The summed E-state index contributed by atoms with van der Waals surface area (Å²) >= 11 is 0. The van der Waals surface area contributed by atoms with E-state index in [2.05, 4.69) is 43.4 Å². The Morgan fingerprint density at radius 3 is 2.42 bits per heavy atom. The lowest BCUT2D eigenvalue weighted by atomic mass is 10.0. The van der Waals surface area contributed by atoms with Crippen LogP contribution in [0.2, 0.25) is 0 Å². The number of ketones is 1. The second-order valence-electron chi connectivity index (χ2n) is 6.30. The molecule has 0 radical (unpaired) electrons. The molecule has 0 spiro atoms. The van der Waals surface area contributed by atoms with Crippen molar-refractivity contribution >= 4 is 18.2 Å². The molecule has 0 heterocycles. The van der Waals surface area contributed by atoms with E-state index in [1.807, 2.05) is 6.07 Å². The zero-order valence-electron chi connectivity index (χ0n) is 15.6. The largest absolute Gasteiger partial charge is 0.490 e. The molecule has 2 unspecified atom stereocenters. The van der Waals surface area contributed by atoms with Gasteiger partial charge in [0.2, 0.25) is 0 Å². The van der Waals surface area contributed by atoms with Gasteiger partial charge in [-0.05, 0) is 38.0 Å². The second kappa shape index (κ2) is 11.0. The number of hydrogen-bond acceptors (Lipinski definition) is 4. The van der Waals surface area contributed by atoms with Crippen LogP contribution >= 0.6 is 12.4 Å². The zero-order chi connectivity index (χ0) is 18.2. The average Bonchev–Trinajstić information content (AvgIpc) is 2.62. The van der Waals surface area contributed by atoms with Crippen molar-refractivity contribution in [1.29, 1.82) is 0 Å². The molecule has 0 bridgehead atoms. The Labute approximate surface area is 162 Å². The van der Waals surface area contributed by atoms with Gasteiger partial charge < -0.3 is 15.2 Å². The molecule has 2 rings (SSSR count). The number of para-hydroxylation sites is 1. The maximum absolute atomic E-state index is 11.6. The molecule has 0 aliphatic rings. The van der Waals surface area contributed by atoms with Crippen LogP contribution in [0, 0.1) is 6.92 Å². The van der Waals surface area contributed by atoms with E-state index in [0.29, 0.717) is 17.9 Å². The molecule has 0 amide bonds. The first-order valence-electron chi connectivity index (χ1n) is 8.72. The molecule has 2 N–H and O–H groups in total. The molecule has 142 valence electrons. The summed E-state index contributed by atoms with van der Waals surface area (Å²) in [6, 6.07) is 15.7. The first kappa shape index (κ1) is 22.2. The second-order valence-corrected chi connectivity index (χ2v) is 6.30. The lowest BCUT2D eigenvalue weighted by Crippen LogP contribution is -2.33. The Morgan fingerprint density at radius 2 is 1.81 bits per heavy atom. The number of carbonyl (C=O) groups is 1. The van der Waals surface area contributed by atoms with Crippen molar-refractivity contribution < 1.29 is 14.6 Å². The minimum atomic E-state index is -0.653. The van der Waals surface area contributed by atoms with E-state index < -0.39 is 6.10 Å². The van der Waals surface area contributed by atoms with E-state index in [4.69, 9.17) is 4.74 Å². The summed E-state index contributed by atoms with van der Waals surface area (Å²) < 4.78 is 5.64. The van der Waals surface area contributed by atoms with E-state index in [1.165, 1.54) is 18.1 Å². The van der Waals surface area contributed by atoms with Crippen molar-refractivity contribution in [2.45, 2.75) is 39.3 Å². The monoisotopic (exact) mass is 377 g/mol. The summed E-state index contributed by atoms with van der Waals surface area (Å²) in [5.41, 5.74) is 2.98. The van der Waals surface area contributed by atoms with Crippen molar-refractivity contribution in [3.8, 4) is 5.75 Å². The molecule has 4 nitrogen and oxygen atoms in total. The molecule has 2 atom stereocenters. The summed E-state index contributed by atoms with van der Waals surface area (Å²) in [6.07, 6.45) is 0.281. The molecule has 26 heavy (non-hydrogen) atoms. The van der Waals surface area contributed by atoms with Gasteiger partial charge in [0.1, 0.15) is 18.5 Å². The van der Waals surface area contributed by atoms with E-state index in [1.54, 1.807) is 18.2 Å². The predicted octanol–water partition coefficient (Wildman–Crippen LogP) is 4.10. The summed E-state index contributed by atoms with van der Waals surface area (Å²) in [7, 11) is 0. The maximum Gasteiger partial charge on any atom is 0.163 e. The smallest absolute Gasteiger partial charge is 0.163 e. The van der Waals surface area contributed by atoms with Crippen molar-refractivity contribution in [2.24, 2.45) is 0 Å². The van der Waals surface area contributed by atoms with Crippen LogP contribution in [0.15, 0.2) is 48.5 Å². The Morgan fingerprint density at radius 1 is 1.15 bits per heavy atom. The highest BCUT2D eigenvalue weighted by molar-refractivity contribution is 5.96. The predicted molar refractivity (Wildman–Crippen MR) is 107 cm³/mol. The maximum atomic E-state index is 11.6. The summed E-state index contributed by atoms with van der Waals surface area (Å²) in [5.74, 6) is 0.466. The summed E-state index contributed by atoms with van der Waals surface area (Å²) in [4.78, 5) is 11.6. The number of ether oxygens (including phenoxy) is 1. The minimum Gasteiger partial charge on any atom is -0.490 e. The summed E-state index contributed by atoms with van der Waals surface area (Å²) in [6.45, 7) is 6.26. The highest BCUT2D eigenvalue weighted by Gasteiger charge is 2.13. The number of benzene rings is 2. The van der Waals surface area contributed by atoms with Crippen molar-refractivity contribution in [3.63, 3.8) is 0 Å². The molecular formula is C21H28ClNO3. The van der Waals surface area contributed by atoms with Gasteiger partial charge in [0.25, 0.3) is 0 Å². The molecule has 0 fully saturated rings. The Kier molecular flexibility index (Phi) is 9.35. The molecule has 0 saturated heterocycles. The van der Waals surface area contributed by atoms with Gasteiger partial charge in [0.05, 0.1) is 5.56 Å². The molecular weight excluding hydrogens is 350 g/mol. The lowest BCUT2D eigenvalue weighted by molar-refractivity contribution is 0.0963. The van der Waals surface area contributed by atoms with Crippen LogP contribution in [-0.4, -0.2) is 30.1 Å². The molecule has 0 aromatic heterocycles. The number of aryl methyl sites for hydroxylation is 1. The zero-order valence-corrected chi connectivity index (χ0v) is 16.4. The number of aliphatic hydroxyl groups is 1. The van der Waals surface area contributed by atoms with E-state index in [-0.39, 0.29) is 30.8 Å². The number of hydrogen-bond donors (Lipinski definition) is 2. The first-order chi connectivity index (χ1) is 12.0. The standard InChI is InChI=1S/C21H27NO3.ClH/c1-4-20(17-11-9-15(2)10-12-17)22-13-18(24)14-25-21-8-6-5-7-19(21)16(3)23;/h5-12,18,20,22,24H,4,13-14H2,1-3H3;1H. The van der Waals surface area contributed by atoms with Gasteiger partial charge in [-0.15, -0.1) is 12.4 Å². The van der Waals surface area contributed by atoms with Crippen LogP contribution in [-0.2, 0) is 0 Å². The van der Waals surface area contributed by atoms with E-state index in [9.17, 15) is 9.90 Å².